The molecule has 0 aliphatic carbocycles. The molecule has 0 saturated carbocycles. The van der Waals surface area contributed by atoms with E-state index in [9.17, 15) is 9.59 Å². The van der Waals surface area contributed by atoms with Gasteiger partial charge >= 0.3 is 11.9 Å². The maximum absolute atomic E-state index is 10.0. The fourth-order valence-corrected chi connectivity index (χ4v) is 2.11. The largest absolute Gasteiger partial charge is 0.481 e. The summed E-state index contributed by atoms with van der Waals surface area (Å²) in [7, 11) is 0. The lowest BCUT2D eigenvalue weighted by atomic mass is 10.1. The van der Waals surface area contributed by atoms with Crippen LogP contribution < -0.4 is 0 Å². The predicted molar refractivity (Wildman–Crippen MR) is 118 cm³/mol. The third-order valence-corrected chi connectivity index (χ3v) is 3.69. The van der Waals surface area contributed by atoms with Crippen molar-refractivity contribution in [2.24, 2.45) is 11.8 Å². The molecule has 0 spiro atoms. The minimum absolute atomic E-state index is 0.0417. The van der Waals surface area contributed by atoms with Gasteiger partial charge in [0.2, 0.25) is 0 Å². The molecule has 8 heteroatoms. The summed E-state index contributed by atoms with van der Waals surface area (Å²) in [4.78, 5) is 20.1. The quantitative estimate of drug-likeness (QED) is 0.253. The van der Waals surface area contributed by atoms with E-state index in [1.54, 1.807) is 0 Å². The van der Waals surface area contributed by atoms with Crippen molar-refractivity contribution in [2.75, 3.05) is 39.6 Å². The molecule has 182 valence electrons. The van der Waals surface area contributed by atoms with Crippen LogP contribution in [0.2, 0.25) is 0 Å². The SMILES string of the molecule is CC(C)CCCCC(=O)O.CC(C)CCCCC(=O)O.OCCOCCOCCO. The van der Waals surface area contributed by atoms with Crippen molar-refractivity contribution in [1.29, 1.82) is 0 Å². The maximum Gasteiger partial charge on any atom is 0.303 e. The first kappa shape index (κ1) is 33.4. The number of carboxylic acids is 2. The number of rotatable bonds is 17. The number of hydrogen-bond donors (Lipinski definition) is 4. The van der Waals surface area contributed by atoms with Gasteiger partial charge in [-0.1, -0.05) is 53.4 Å². The van der Waals surface area contributed by atoms with E-state index < -0.39 is 11.9 Å². The lowest BCUT2D eigenvalue weighted by molar-refractivity contribution is -0.138. The van der Waals surface area contributed by atoms with Gasteiger partial charge in [-0.2, -0.15) is 0 Å². The van der Waals surface area contributed by atoms with Crippen molar-refractivity contribution >= 4 is 11.9 Å². The molecule has 0 aromatic rings. The van der Waals surface area contributed by atoms with E-state index in [1.165, 1.54) is 0 Å². The van der Waals surface area contributed by atoms with Crippen LogP contribution in [0.25, 0.3) is 0 Å². The normalized spacial score (nSPS) is 10.3. The molecule has 0 fully saturated rings. The summed E-state index contributed by atoms with van der Waals surface area (Å²) < 4.78 is 9.75. The molecule has 30 heavy (non-hydrogen) atoms. The monoisotopic (exact) mass is 438 g/mol. The smallest absolute Gasteiger partial charge is 0.303 e. The number of aliphatic carboxylic acids is 2. The molecular formula is C22H46O8. The number of carboxylic acid groups (broad SMARTS) is 2. The molecule has 0 radical (unpaired) electrons. The Morgan fingerprint density at radius 1 is 0.633 bits per heavy atom. The standard InChI is InChI=1S/2C8H16O2.C6H14O4/c2*1-7(2)5-3-4-6-8(9)10;7-1-3-9-5-6-10-4-2-8/h2*7H,3-6H2,1-2H3,(H,9,10);7-8H,1-6H2. The Bertz CT molecular complexity index is 325. The summed E-state index contributed by atoms with van der Waals surface area (Å²) in [6.07, 6.45) is 6.69. The Kier molecular flexibility index (Phi) is 30.9. The van der Waals surface area contributed by atoms with Gasteiger partial charge in [0, 0.05) is 12.8 Å². The van der Waals surface area contributed by atoms with Crippen LogP contribution in [0.4, 0.5) is 0 Å². The van der Waals surface area contributed by atoms with Gasteiger partial charge in [0.05, 0.1) is 39.6 Å². The molecular weight excluding hydrogens is 392 g/mol. The fourth-order valence-electron chi connectivity index (χ4n) is 2.11. The Hall–Kier alpha value is -1.22. The molecule has 0 aromatic heterocycles. The van der Waals surface area contributed by atoms with Gasteiger partial charge in [-0.05, 0) is 24.7 Å². The first-order valence-electron chi connectivity index (χ1n) is 11.0. The van der Waals surface area contributed by atoms with Crippen LogP contribution in [0.1, 0.15) is 79.1 Å². The maximum atomic E-state index is 10.0. The minimum atomic E-state index is -0.677. The number of aliphatic hydroxyl groups excluding tert-OH is 2. The highest BCUT2D eigenvalue weighted by Gasteiger charge is 1.98. The summed E-state index contributed by atoms with van der Waals surface area (Å²) in [5, 5.41) is 33.1. The predicted octanol–water partition coefficient (Wildman–Crippen LogP) is 3.58. The first-order valence-corrected chi connectivity index (χ1v) is 11.0. The van der Waals surface area contributed by atoms with Crippen LogP contribution in [0.5, 0.6) is 0 Å². The lowest BCUT2D eigenvalue weighted by Gasteiger charge is -2.01. The molecule has 0 saturated heterocycles. The van der Waals surface area contributed by atoms with Gasteiger partial charge in [-0.25, -0.2) is 0 Å². The van der Waals surface area contributed by atoms with E-state index in [2.05, 4.69) is 27.7 Å². The van der Waals surface area contributed by atoms with Gasteiger partial charge in [0.15, 0.2) is 0 Å². The third kappa shape index (κ3) is 45.5. The van der Waals surface area contributed by atoms with E-state index in [4.69, 9.17) is 29.9 Å². The van der Waals surface area contributed by atoms with Crippen molar-refractivity contribution in [1.82, 2.24) is 0 Å². The van der Waals surface area contributed by atoms with Crippen molar-refractivity contribution in [3.05, 3.63) is 0 Å². The van der Waals surface area contributed by atoms with Crippen molar-refractivity contribution < 1.29 is 39.5 Å². The number of carbonyl (C=O) groups is 2. The fraction of sp³-hybridized carbons (Fsp3) is 0.909. The van der Waals surface area contributed by atoms with Crippen LogP contribution in [-0.2, 0) is 19.1 Å². The molecule has 0 amide bonds. The molecule has 0 aliphatic rings. The number of ether oxygens (including phenoxy) is 2. The summed E-state index contributed by atoms with van der Waals surface area (Å²) >= 11 is 0. The zero-order chi connectivity index (χ0) is 23.6. The van der Waals surface area contributed by atoms with Crippen molar-refractivity contribution in [3.63, 3.8) is 0 Å². The Morgan fingerprint density at radius 3 is 1.20 bits per heavy atom. The van der Waals surface area contributed by atoms with Crippen molar-refractivity contribution in [2.45, 2.75) is 79.1 Å². The average molecular weight is 439 g/mol. The van der Waals surface area contributed by atoms with E-state index >= 15 is 0 Å². The molecule has 8 nitrogen and oxygen atoms in total. The summed E-state index contributed by atoms with van der Waals surface area (Å²) in [5.41, 5.74) is 0. The number of aliphatic hydroxyl groups is 2. The van der Waals surface area contributed by atoms with Crippen LogP contribution >= 0.6 is 0 Å². The highest BCUT2D eigenvalue weighted by atomic mass is 16.5. The van der Waals surface area contributed by atoms with E-state index in [-0.39, 0.29) is 13.2 Å². The summed E-state index contributed by atoms with van der Waals surface area (Å²) in [5.74, 6) is 0.0510. The summed E-state index contributed by atoms with van der Waals surface area (Å²) in [6.45, 7) is 10.3. The molecule has 0 aliphatic heterocycles. The van der Waals surface area contributed by atoms with Gasteiger partial charge in [0.1, 0.15) is 0 Å². The number of unbranched alkanes of at least 4 members (excludes halogenated alkanes) is 2. The average Bonchev–Trinajstić information content (AvgIpc) is 2.66. The second kappa shape index (κ2) is 27.8. The molecule has 0 heterocycles. The van der Waals surface area contributed by atoms with Gasteiger partial charge in [-0.15, -0.1) is 0 Å². The van der Waals surface area contributed by atoms with Gasteiger partial charge in [0.25, 0.3) is 0 Å². The van der Waals surface area contributed by atoms with Gasteiger partial charge < -0.3 is 29.9 Å². The highest BCUT2D eigenvalue weighted by Crippen LogP contribution is 2.08. The number of hydrogen-bond acceptors (Lipinski definition) is 6. The molecule has 0 bridgehead atoms. The zero-order valence-electron chi connectivity index (χ0n) is 19.5. The van der Waals surface area contributed by atoms with Crippen LogP contribution in [0.3, 0.4) is 0 Å². The molecule has 0 unspecified atom stereocenters. The molecule has 0 atom stereocenters. The second-order valence-electron chi connectivity index (χ2n) is 7.74. The molecule has 0 aromatic carbocycles. The first-order chi connectivity index (χ1) is 14.2. The van der Waals surface area contributed by atoms with Crippen LogP contribution in [0.15, 0.2) is 0 Å². The lowest BCUT2D eigenvalue weighted by Crippen LogP contribution is -2.09. The van der Waals surface area contributed by atoms with Crippen molar-refractivity contribution in [3.8, 4) is 0 Å². The van der Waals surface area contributed by atoms with Crippen LogP contribution in [-0.4, -0.2) is 72.0 Å². The Morgan fingerprint density at radius 2 is 0.967 bits per heavy atom. The molecule has 0 rings (SSSR count). The molecule has 4 N–H and O–H groups in total. The van der Waals surface area contributed by atoms with Gasteiger partial charge in [-0.3, -0.25) is 9.59 Å². The zero-order valence-corrected chi connectivity index (χ0v) is 19.5. The van der Waals surface area contributed by atoms with E-state index in [0.717, 1.165) is 38.5 Å². The highest BCUT2D eigenvalue weighted by molar-refractivity contribution is 5.66. The Balaban J connectivity index is -0.000000364. The van der Waals surface area contributed by atoms with Crippen LogP contribution in [0, 0.1) is 11.8 Å². The third-order valence-electron chi connectivity index (χ3n) is 3.69. The minimum Gasteiger partial charge on any atom is -0.481 e. The van der Waals surface area contributed by atoms with E-state index in [0.29, 0.717) is 51.1 Å². The van der Waals surface area contributed by atoms with E-state index in [1.807, 2.05) is 0 Å². The topological polar surface area (TPSA) is 134 Å². The summed E-state index contributed by atoms with van der Waals surface area (Å²) in [6, 6.07) is 0. The second-order valence-corrected chi connectivity index (χ2v) is 7.74. The Labute approximate surface area is 182 Å².